The standard InChI is InChI=1S/C19H16N2O5S/c1-10-7-16(21-26-10)20-18(22)11(2)25-19(23)15-8-12-9-24-14-6-4-3-5-13(14)17(12)27-15/h3-8,11H,9H2,1-2H3,(H,20,21,22)/t11-/m1/s1. The van der Waals surface area contributed by atoms with Gasteiger partial charge in [-0.3, -0.25) is 4.79 Å². The molecule has 0 radical (unpaired) electrons. The van der Waals surface area contributed by atoms with Crippen molar-refractivity contribution >= 4 is 29.0 Å². The van der Waals surface area contributed by atoms with Gasteiger partial charge in [0.2, 0.25) is 0 Å². The number of rotatable bonds is 4. The molecule has 3 heterocycles. The predicted octanol–water partition coefficient (Wildman–Crippen LogP) is 3.79. The van der Waals surface area contributed by atoms with Crippen LogP contribution in [0.3, 0.4) is 0 Å². The first-order chi connectivity index (χ1) is 13.0. The molecule has 4 rings (SSSR count). The molecule has 0 spiro atoms. The summed E-state index contributed by atoms with van der Waals surface area (Å²) in [5, 5.41) is 6.23. The summed E-state index contributed by atoms with van der Waals surface area (Å²) in [5.41, 5.74) is 1.89. The molecule has 7 nitrogen and oxygen atoms in total. The molecule has 138 valence electrons. The van der Waals surface area contributed by atoms with Crippen LogP contribution in [0.5, 0.6) is 5.75 Å². The van der Waals surface area contributed by atoms with Gasteiger partial charge < -0.3 is 19.3 Å². The number of nitrogens with one attached hydrogen (secondary N) is 1. The van der Waals surface area contributed by atoms with Gasteiger partial charge in [0.15, 0.2) is 11.9 Å². The maximum Gasteiger partial charge on any atom is 0.349 e. The van der Waals surface area contributed by atoms with Crippen molar-refractivity contribution in [3.63, 3.8) is 0 Å². The second-order valence-electron chi connectivity index (χ2n) is 6.11. The van der Waals surface area contributed by atoms with E-state index in [9.17, 15) is 9.59 Å². The number of para-hydroxylation sites is 1. The molecule has 1 aliphatic heterocycles. The number of benzene rings is 1. The summed E-state index contributed by atoms with van der Waals surface area (Å²) in [5.74, 6) is 0.613. The lowest BCUT2D eigenvalue weighted by Gasteiger charge is -2.16. The Hall–Kier alpha value is -3.13. The fraction of sp³-hybridized carbons (Fsp3) is 0.211. The van der Waals surface area contributed by atoms with Gasteiger partial charge in [-0.15, -0.1) is 11.3 Å². The number of aryl methyl sites for hydroxylation is 1. The predicted molar refractivity (Wildman–Crippen MR) is 98.8 cm³/mol. The Morgan fingerprint density at radius 1 is 1.30 bits per heavy atom. The van der Waals surface area contributed by atoms with E-state index in [4.69, 9.17) is 14.0 Å². The molecule has 1 atom stereocenters. The molecule has 2 aromatic heterocycles. The fourth-order valence-corrected chi connectivity index (χ4v) is 3.81. The molecule has 0 saturated carbocycles. The van der Waals surface area contributed by atoms with Crippen LogP contribution in [0, 0.1) is 6.92 Å². The maximum atomic E-state index is 12.5. The van der Waals surface area contributed by atoms with Crippen molar-refractivity contribution in [2.24, 2.45) is 0 Å². The van der Waals surface area contributed by atoms with Crippen LogP contribution in [0.1, 0.15) is 27.9 Å². The van der Waals surface area contributed by atoms with Crippen molar-refractivity contribution in [1.82, 2.24) is 5.16 Å². The zero-order valence-corrected chi connectivity index (χ0v) is 15.5. The van der Waals surface area contributed by atoms with Crippen LogP contribution in [0.4, 0.5) is 5.82 Å². The van der Waals surface area contributed by atoms with Gasteiger partial charge in [-0.05, 0) is 32.0 Å². The molecule has 0 fully saturated rings. The number of esters is 1. The molecule has 0 aliphatic carbocycles. The van der Waals surface area contributed by atoms with E-state index < -0.39 is 18.0 Å². The highest BCUT2D eigenvalue weighted by atomic mass is 32.1. The van der Waals surface area contributed by atoms with E-state index >= 15 is 0 Å². The van der Waals surface area contributed by atoms with Crippen LogP contribution in [0.15, 0.2) is 40.9 Å². The summed E-state index contributed by atoms with van der Waals surface area (Å²) in [7, 11) is 0. The largest absolute Gasteiger partial charge is 0.488 e. The molecule has 1 aromatic carbocycles. The van der Waals surface area contributed by atoms with E-state index in [1.165, 1.54) is 18.3 Å². The summed E-state index contributed by atoms with van der Waals surface area (Å²) in [6.07, 6.45) is -0.975. The third-order valence-corrected chi connectivity index (χ3v) is 5.25. The van der Waals surface area contributed by atoms with E-state index in [-0.39, 0.29) is 5.82 Å². The molecule has 0 bridgehead atoms. The van der Waals surface area contributed by atoms with E-state index in [1.807, 2.05) is 24.3 Å². The van der Waals surface area contributed by atoms with Crippen LogP contribution in [-0.4, -0.2) is 23.1 Å². The zero-order valence-electron chi connectivity index (χ0n) is 14.6. The average Bonchev–Trinajstić information content (AvgIpc) is 3.27. The SMILES string of the molecule is Cc1cc(NC(=O)[C@@H](C)OC(=O)c2cc3c(s2)-c2ccccc2OC3)no1. The van der Waals surface area contributed by atoms with Gasteiger partial charge in [-0.2, -0.15) is 0 Å². The number of carbonyl (C=O) groups excluding carboxylic acids is 2. The summed E-state index contributed by atoms with van der Waals surface area (Å²) < 4.78 is 15.9. The van der Waals surface area contributed by atoms with Crippen LogP contribution in [-0.2, 0) is 16.1 Å². The van der Waals surface area contributed by atoms with Crippen molar-refractivity contribution in [2.75, 3.05) is 5.32 Å². The van der Waals surface area contributed by atoms with Gasteiger partial charge in [0.25, 0.3) is 5.91 Å². The van der Waals surface area contributed by atoms with E-state index in [2.05, 4.69) is 10.5 Å². The summed E-state index contributed by atoms with van der Waals surface area (Å²) in [6.45, 7) is 3.62. The van der Waals surface area contributed by atoms with E-state index in [0.717, 1.165) is 21.8 Å². The molecular weight excluding hydrogens is 368 g/mol. The van der Waals surface area contributed by atoms with Crippen LogP contribution in [0.25, 0.3) is 10.4 Å². The first kappa shape index (κ1) is 17.3. The molecule has 3 aromatic rings. The van der Waals surface area contributed by atoms with E-state index in [1.54, 1.807) is 19.1 Å². The molecule has 1 amide bonds. The number of amides is 1. The Labute approximate surface area is 158 Å². The Morgan fingerprint density at radius 3 is 2.89 bits per heavy atom. The van der Waals surface area contributed by atoms with Crippen molar-refractivity contribution in [2.45, 2.75) is 26.6 Å². The van der Waals surface area contributed by atoms with Crippen LogP contribution >= 0.6 is 11.3 Å². The molecule has 0 unspecified atom stereocenters. The highest BCUT2D eigenvalue weighted by Crippen LogP contribution is 2.42. The molecule has 1 aliphatic rings. The molecule has 27 heavy (non-hydrogen) atoms. The van der Waals surface area contributed by atoms with Crippen molar-refractivity contribution in [3.05, 3.63) is 52.6 Å². The minimum atomic E-state index is -0.975. The van der Waals surface area contributed by atoms with Gasteiger partial charge >= 0.3 is 5.97 Å². The highest BCUT2D eigenvalue weighted by Gasteiger charge is 2.25. The first-order valence-electron chi connectivity index (χ1n) is 8.31. The number of hydrogen-bond donors (Lipinski definition) is 1. The number of ether oxygens (including phenoxy) is 2. The summed E-state index contributed by atoms with van der Waals surface area (Å²) in [4.78, 5) is 26.1. The first-order valence-corrected chi connectivity index (χ1v) is 9.13. The lowest BCUT2D eigenvalue weighted by Crippen LogP contribution is -2.29. The molecule has 0 saturated heterocycles. The van der Waals surface area contributed by atoms with E-state index in [0.29, 0.717) is 17.2 Å². The number of fused-ring (bicyclic) bond motifs is 3. The van der Waals surface area contributed by atoms with Gasteiger partial charge in [-0.25, -0.2) is 4.79 Å². The van der Waals surface area contributed by atoms with Gasteiger partial charge in [0.1, 0.15) is 23.0 Å². The number of nitrogens with zero attached hydrogens (tertiary/aromatic N) is 1. The van der Waals surface area contributed by atoms with Crippen LogP contribution in [0.2, 0.25) is 0 Å². The Balaban J connectivity index is 1.46. The molecule has 8 heteroatoms. The average molecular weight is 384 g/mol. The smallest absolute Gasteiger partial charge is 0.349 e. The maximum absolute atomic E-state index is 12.5. The highest BCUT2D eigenvalue weighted by molar-refractivity contribution is 7.17. The molecular formula is C19H16N2O5S. The number of hydrogen-bond acceptors (Lipinski definition) is 7. The lowest BCUT2D eigenvalue weighted by atomic mass is 10.1. The number of carbonyl (C=O) groups is 2. The third-order valence-electron chi connectivity index (χ3n) is 4.06. The Morgan fingerprint density at radius 2 is 2.11 bits per heavy atom. The Kier molecular flexibility index (Phi) is 4.41. The van der Waals surface area contributed by atoms with Gasteiger partial charge in [-0.1, -0.05) is 17.3 Å². The van der Waals surface area contributed by atoms with Crippen LogP contribution < -0.4 is 10.1 Å². The van der Waals surface area contributed by atoms with Crippen molar-refractivity contribution in [1.29, 1.82) is 0 Å². The monoisotopic (exact) mass is 384 g/mol. The minimum Gasteiger partial charge on any atom is -0.488 e. The number of thiophene rings is 1. The quantitative estimate of drug-likeness (QED) is 0.688. The Bertz CT molecular complexity index is 1020. The second-order valence-corrected chi connectivity index (χ2v) is 7.16. The third kappa shape index (κ3) is 3.43. The zero-order chi connectivity index (χ0) is 19.0. The van der Waals surface area contributed by atoms with Gasteiger partial charge in [0.05, 0.1) is 0 Å². The van der Waals surface area contributed by atoms with Crippen molar-refractivity contribution in [3.8, 4) is 16.2 Å². The molecule has 1 N–H and O–H groups in total. The topological polar surface area (TPSA) is 90.7 Å². The lowest BCUT2D eigenvalue weighted by molar-refractivity contribution is -0.123. The normalized spacial score (nSPS) is 13.1. The number of aromatic nitrogens is 1. The second kappa shape index (κ2) is 6.88. The van der Waals surface area contributed by atoms with Crippen molar-refractivity contribution < 1.29 is 23.6 Å². The minimum absolute atomic E-state index is 0.278. The summed E-state index contributed by atoms with van der Waals surface area (Å²) in [6, 6.07) is 11.0. The fourth-order valence-electron chi connectivity index (χ4n) is 2.73. The number of anilines is 1. The van der Waals surface area contributed by atoms with Gasteiger partial charge in [0, 0.05) is 22.1 Å². The summed E-state index contributed by atoms with van der Waals surface area (Å²) >= 11 is 1.33.